The SMILES string of the molecule is NCCOc1cccn2ccnc12. The zero-order chi connectivity index (χ0) is 9.10. The Labute approximate surface area is 76.0 Å². The Morgan fingerprint density at radius 1 is 1.46 bits per heavy atom. The maximum absolute atomic E-state index is 5.42. The first-order valence-electron chi connectivity index (χ1n) is 4.16. The van der Waals surface area contributed by atoms with Crippen molar-refractivity contribution in [3.63, 3.8) is 0 Å². The fourth-order valence-electron chi connectivity index (χ4n) is 1.20. The van der Waals surface area contributed by atoms with Crippen molar-refractivity contribution < 1.29 is 4.74 Å². The molecule has 0 unspecified atom stereocenters. The van der Waals surface area contributed by atoms with Crippen molar-refractivity contribution >= 4 is 5.65 Å². The van der Waals surface area contributed by atoms with Crippen LogP contribution < -0.4 is 10.5 Å². The molecule has 0 saturated carbocycles. The van der Waals surface area contributed by atoms with Crippen molar-refractivity contribution in [2.75, 3.05) is 13.2 Å². The standard InChI is InChI=1S/C9H11N3O/c10-3-7-13-8-2-1-5-12-6-4-11-9(8)12/h1-2,4-6H,3,7,10H2. The second kappa shape index (κ2) is 3.45. The van der Waals surface area contributed by atoms with E-state index in [-0.39, 0.29) is 0 Å². The van der Waals surface area contributed by atoms with Crippen molar-refractivity contribution in [2.24, 2.45) is 5.73 Å². The van der Waals surface area contributed by atoms with E-state index in [2.05, 4.69) is 4.98 Å². The van der Waals surface area contributed by atoms with Crippen molar-refractivity contribution in [2.45, 2.75) is 0 Å². The number of pyridine rings is 1. The zero-order valence-electron chi connectivity index (χ0n) is 7.18. The first-order valence-corrected chi connectivity index (χ1v) is 4.16. The lowest BCUT2D eigenvalue weighted by molar-refractivity contribution is 0.330. The van der Waals surface area contributed by atoms with Gasteiger partial charge >= 0.3 is 0 Å². The monoisotopic (exact) mass is 177 g/mol. The molecule has 2 aromatic rings. The lowest BCUT2D eigenvalue weighted by atomic mass is 10.4. The molecule has 68 valence electrons. The fraction of sp³-hybridized carbons (Fsp3) is 0.222. The van der Waals surface area contributed by atoms with Gasteiger partial charge in [-0.2, -0.15) is 0 Å². The van der Waals surface area contributed by atoms with E-state index in [1.807, 2.05) is 28.9 Å². The molecule has 4 nitrogen and oxygen atoms in total. The van der Waals surface area contributed by atoms with Gasteiger partial charge in [0.25, 0.3) is 0 Å². The highest BCUT2D eigenvalue weighted by molar-refractivity contribution is 5.53. The second-order valence-electron chi connectivity index (χ2n) is 2.67. The molecule has 0 fully saturated rings. The van der Waals surface area contributed by atoms with Crippen LogP contribution in [-0.4, -0.2) is 22.5 Å². The summed E-state index contributed by atoms with van der Waals surface area (Å²) in [4.78, 5) is 4.17. The van der Waals surface area contributed by atoms with E-state index in [1.54, 1.807) is 6.20 Å². The molecule has 13 heavy (non-hydrogen) atoms. The minimum absolute atomic E-state index is 0.516. The van der Waals surface area contributed by atoms with Gasteiger partial charge in [-0.25, -0.2) is 4.98 Å². The van der Waals surface area contributed by atoms with Gasteiger partial charge in [0.1, 0.15) is 6.61 Å². The van der Waals surface area contributed by atoms with Crippen molar-refractivity contribution in [1.29, 1.82) is 0 Å². The highest BCUT2D eigenvalue weighted by Crippen LogP contribution is 2.16. The minimum Gasteiger partial charge on any atom is -0.488 e. The van der Waals surface area contributed by atoms with Crippen LogP contribution in [0.5, 0.6) is 5.75 Å². The molecule has 2 heterocycles. The van der Waals surface area contributed by atoms with E-state index in [4.69, 9.17) is 10.5 Å². The Kier molecular flexibility index (Phi) is 2.14. The summed E-state index contributed by atoms with van der Waals surface area (Å²) in [5.74, 6) is 0.776. The third-order valence-electron chi connectivity index (χ3n) is 1.76. The molecule has 4 heteroatoms. The molecule has 0 aromatic carbocycles. The maximum Gasteiger partial charge on any atom is 0.179 e. The number of imidazole rings is 1. The van der Waals surface area contributed by atoms with Crippen molar-refractivity contribution in [3.05, 3.63) is 30.7 Å². The highest BCUT2D eigenvalue weighted by Gasteiger charge is 2.01. The van der Waals surface area contributed by atoms with E-state index in [0.717, 1.165) is 11.4 Å². The van der Waals surface area contributed by atoms with Gasteiger partial charge in [-0.1, -0.05) is 0 Å². The first kappa shape index (κ1) is 8.07. The Morgan fingerprint density at radius 3 is 3.23 bits per heavy atom. The van der Waals surface area contributed by atoms with Gasteiger partial charge in [0.2, 0.25) is 0 Å². The van der Waals surface area contributed by atoms with Gasteiger partial charge in [-0.05, 0) is 12.1 Å². The average Bonchev–Trinajstić information content (AvgIpc) is 2.62. The van der Waals surface area contributed by atoms with Crippen LogP contribution in [0, 0.1) is 0 Å². The Bertz CT molecular complexity index is 396. The summed E-state index contributed by atoms with van der Waals surface area (Å²) < 4.78 is 7.33. The van der Waals surface area contributed by atoms with Gasteiger partial charge in [-0.3, -0.25) is 0 Å². The molecule has 0 amide bonds. The second-order valence-corrected chi connectivity index (χ2v) is 2.67. The summed E-state index contributed by atoms with van der Waals surface area (Å²) in [6, 6.07) is 3.80. The van der Waals surface area contributed by atoms with Gasteiger partial charge in [0.15, 0.2) is 11.4 Å². The van der Waals surface area contributed by atoms with E-state index < -0.39 is 0 Å². The topological polar surface area (TPSA) is 52.5 Å². The molecule has 2 rings (SSSR count). The molecule has 0 aliphatic rings. The van der Waals surface area contributed by atoms with E-state index in [1.165, 1.54) is 0 Å². The molecule has 0 aliphatic carbocycles. The van der Waals surface area contributed by atoms with Crippen LogP contribution >= 0.6 is 0 Å². The minimum atomic E-state index is 0.516. The van der Waals surface area contributed by atoms with Crippen LogP contribution in [-0.2, 0) is 0 Å². The zero-order valence-corrected chi connectivity index (χ0v) is 7.18. The Balaban J connectivity index is 2.37. The van der Waals surface area contributed by atoms with Crippen LogP contribution in [0.25, 0.3) is 5.65 Å². The van der Waals surface area contributed by atoms with Gasteiger partial charge < -0.3 is 14.9 Å². The predicted molar refractivity (Wildman–Crippen MR) is 49.7 cm³/mol. The molecular weight excluding hydrogens is 166 g/mol. The summed E-state index contributed by atoms with van der Waals surface area (Å²) in [5, 5.41) is 0. The summed E-state index contributed by atoms with van der Waals surface area (Å²) in [6.45, 7) is 1.04. The molecule has 2 N–H and O–H groups in total. The molecular formula is C9H11N3O. The smallest absolute Gasteiger partial charge is 0.179 e. The molecule has 0 saturated heterocycles. The lowest BCUT2D eigenvalue weighted by Crippen LogP contribution is -2.11. The number of nitrogens with zero attached hydrogens (tertiary/aromatic N) is 2. The molecule has 0 atom stereocenters. The summed E-state index contributed by atoms with van der Waals surface area (Å²) in [5.41, 5.74) is 6.17. The Hall–Kier alpha value is -1.55. The number of aromatic nitrogens is 2. The normalized spacial score (nSPS) is 10.5. The average molecular weight is 177 g/mol. The summed E-state index contributed by atoms with van der Waals surface area (Å²) >= 11 is 0. The Morgan fingerprint density at radius 2 is 2.38 bits per heavy atom. The molecule has 0 aliphatic heterocycles. The quantitative estimate of drug-likeness (QED) is 0.749. The van der Waals surface area contributed by atoms with E-state index in [0.29, 0.717) is 13.2 Å². The number of fused-ring (bicyclic) bond motifs is 1. The number of nitrogens with two attached hydrogens (primary N) is 1. The first-order chi connectivity index (χ1) is 6.42. The van der Waals surface area contributed by atoms with Crippen LogP contribution in [0.4, 0.5) is 0 Å². The van der Waals surface area contributed by atoms with Crippen LogP contribution in [0.1, 0.15) is 0 Å². The number of hydrogen-bond acceptors (Lipinski definition) is 3. The summed E-state index contributed by atoms with van der Waals surface area (Å²) in [7, 11) is 0. The fourth-order valence-corrected chi connectivity index (χ4v) is 1.20. The van der Waals surface area contributed by atoms with Crippen molar-refractivity contribution in [1.82, 2.24) is 9.38 Å². The van der Waals surface area contributed by atoms with E-state index >= 15 is 0 Å². The maximum atomic E-state index is 5.42. The molecule has 0 radical (unpaired) electrons. The lowest BCUT2D eigenvalue weighted by Gasteiger charge is -2.04. The third kappa shape index (κ3) is 1.48. The highest BCUT2D eigenvalue weighted by atomic mass is 16.5. The van der Waals surface area contributed by atoms with Gasteiger partial charge in [0.05, 0.1) is 0 Å². The van der Waals surface area contributed by atoms with Crippen LogP contribution in [0.3, 0.4) is 0 Å². The molecule has 2 aromatic heterocycles. The van der Waals surface area contributed by atoms with Gasteiger partial charge in [-0.15, -0.1) is 0 Å². The number of rotatable bonds is 3. The number of ether oxygens (including phenoxy) is 1. The van der Waals surface area contributed by atoms with E-state index in [9.17, 15) is 0 Å². The summed E-state index contributed by atoms with van der Waals surface area (Å²) in [6.07, 6.45) is 5.55. The third-order valence-corrected chi connectivity index (χ3v) is 1.76. The number of hydrogen-bond donors (Lipinski definition) is 1. The van der Waals surface area contributed by atoms with Crippen molar-refractivity contribution in [3.8, 4) is 5.75 Å². The van der Waals surface area contributed by atoms with Crippen LogP contribution in [0.15, 0.2) is 30.7 Å². The molecule has 0 spiro atoms. The van der Waals surface area contributed by atoms with Crippen LogP contribution in [0.2, 0.25) is 0 Å². The van der Waals surface area contributed by atoms with Gasteiger partial charge in [0, 0.05) is 25.1 Å². The largest absolute Gasteiger partial charge is 0.488 e. The predicted octanol–water partition coefficient (Wildman–Crippen LogP) is 0.672. The molecule has 0 bridgehead atoms.